The van der Waals surface area contributed by atoms with Crippen molar-refractivity contribution in [2.75, 3.05) is 13.1 Å². The predicted octanol–water partition coefficient (Wildman–Crippen LogP) is -0.903. The molecule has 0 radical (unpaired) electrons. The van der Waals surface area contributed by atoms with E-state index in [0.29, 0.717) is 13.0 Å². The molecule has 0 aromatic heterocycles. The van der Waals surface area contributed by atoms with Crippen LogP contribution in [0.15, 0.2) is 0 Å². The first kappa shape index (κ1) is 11.3. The molecule has 6 nitrogen and oxygen atoms in total. The number of hydrogen-bond acceptors (Lipinski definition) is 5. The summed E-state index contributed by atoms with van der Waals surface area (Å²) < 4.78 is 5.25. The number of aliphatic carboxylic acids is 1. The van der Waals surface area contributed by atoms with E-state index in [1.165, 1.54) is 0 Å². The monoisotopic (exact) mass is 228 g/mol. The van der Waals surface area contributed by atoms with Gasteiger partial charge in [0.1, 0.15) is 18.2 Å². The summed E-state index contributed by atoms with van der Waals surface area (Å²) in [5.74, 6) is -1.15. The van der Waals surface area contributed by atoms with Crippen molar-refractivity contribution < 1.29 is 19.4 Å². The highest BCUT2D eigenvalue weighted by molar-refractivity contribution is 5.77. The van der Waals surface area contributed by atoms with Gasteiger partial charge in [0, 0.05) is 13.0 Å². The van der Waals surface area contributed by atoms with Crippen molar-refractivity contribution in [2.24, 2.45) is 0 Å². The van der Waals surface area contributed by atoms with Gasteiger partial charge in [-0.25, -0.2) is 0 Å². The SMILES string of the molecule is O=C(O)[C@@H]1CC(OC(=O)[C@@H]2CCCN2)CN1. The summed E-state index contributed by atoms with van der Waals surface area (Å²) in [6, 6.07) is -0.793. The maximum absolute atomic E-state index is 11.6. The second-order valence-corrected chi connectivity index (χ2v) is 4.24. The summed E-state index contributed by atoms with van der Waals surface area (Å²) in [5.41, 5.74) is 0. The van der Waals surface area contributed by atoms with Crippen molar-refractivity contribution in [3.8, 4) is 0 Å². The van der Waals surface area contributed by atoms with Gasteiger partial charge in [0.25, 0.3) is 0 Å². The fraction of sp³-hybridized carbons (Fsp3) is 0.800. The molecule has 2 rings (SSSR count). The fourth-order valence-electron chi connectivity index (χ4n) is 2.11. The third kappa shape index (κ3) is 2.51. The summed E-state index contributed by atoms with van der Waals surface area (Å²) in [4.78, 5) is 22.3. The molecule has 6 heteroatoms. The Hall–Kier alpha value is -1.14. The molecular formula is C10H16N2O4. The zero-order valence-electron chi connectivity index (χ0n) is 8.94. The van der Waals surface area contributed by atoms with Crippen molar-refractivity contribution in [1.29, 1.82) is 0 Å². The van der Waals surface area contributed by atoms with Crippen LogP contribution in [0.4, 0.5) is 0 Å². The first-order valence-electron chi connectivity index (χ1n) is 5.57. The average Bonchev–Trinajstić information content (AvgIpc) is 2.87. The Morgan fingerprint density at radius 3 is 2.62 bits per heavy atom. The van der Waals surface area contributed by atoms with Crippen LogP contribution in [0.1, 0.15) is 19.3 Å². The van der Waals surface area contributed by atoms with Crippen LogP contribution < -0.4 is 10.6 Å². The molecule has 1 unspecified atom stereocenters. The zero-order chi connectivity index (χ0) is 11.5. The van der Waals surface area contributed by atoms with Gasteiger partial charge in [-0.2, -0.15) is 0 Å². The van der Waals surface area contributed by atoms with Crippen LogP contribution in [0.5, 0.6) is 0 Å². The molecule has 3 atom stereocenters. The Morgan fingerprint density at radius 1 is 1.25 bits per heavy atom. The van der Waals surface area contributed by atoms with Crippen LogP contribution in [0, 0.1) is 0 Å². The lowest BCUT2D eigenvalue weighted by Crippen LogP contribution is -2.35. The molecule has 2 aliphatic rings. The first-order valence-corrected chi connectivity index (χ1v) is 5.57. The number of rotatable bonds is 3. The third-order valence-corrected chi connectivity index (χ3v) is 3.02. The Labute approximate surface area is 93.3 Å². The molecule has 0 aromatic rings. The quantitative estimate of drug-likeness (QED) is 0.542. The summed E-state index contributed by atoms with van der Waals surface area (Å²) >= 11 is 0. The van der Waals surface area contributed by atoms with E-state index in [2.05, 4.69) is 10.6 Å². The Balaban J connectivity index is 1.78. The molecule has 0 saturated carbocycles. The van der Waals surface area contributed by atoms with Gasteiger partial charge >= 0.3 is 11.9 Å². The van der Waals surface area contributed by atoms with Gasteiger partial charge in [-0.05, 0) is 19.4 Å². The number of carboxylic acid groups (broad SMARTS) is 1. The number of carbonyl (C=O) groups is 2. The molecular weight excluding hydrogens is 212 g/mol. The first-order chi connectivity index (χ1) is 7.66. The number of hydrogen-bond donors (Lipinski definition) is 3. The lowest BCUT2D eigenvalue weighted by atomic mass is 10.2. The van der Waals surface area contributed by atoms with E-state index in [4.69, 9.17) is 9.84 Å². The molecule has 2 aliphatic heterocycles. The van der Waals surface area contributed by atoms with Gasteiger partial charge in [0.15, 0.2) is 0 Å². The summed E-state index contributed by atoms with van der Waals surface area (Å²) in [6.07, 6.45) is 1.84. The lowest BCUT2D eigenvalue weighted by Gasteiger charge is -2.14. The van der Waals surface area contributed by atoms with Gasteiger partial charge in [0.2, 0.25) is 0 Å². The van der Waals surface area contributed by atoms with Crippen LogP contribution in [0.25, 0.3) is 0 Å². The van der Waals surface area contributed by atoms with E-state index in [1.807, 2.05) is 0 Å². The van der Waals surface area contributed by atoms with Gasteiger partial charge in [0.05, 0.1) is 0 Å². The summed E-state index contributed by atoms with van der Waals surface area (Å²) in [6.45, 7) is 1.27. The minimum atomic E-state index is -0.891. The Bertz CT molecular complexity index is 289. The van der Waals surface area contributed by atoms with Crippen LogP contribution in [-0.2, 0) is 14.3 Å². The number of ether oxygens (including phenoxy) is 1. The van der Waals surface area contributed by atoms with E-state index in [9.17, 15) is 9.59 Å². The van der Waals surface area contributed by atoms with Crippen LogP contribution in [0.3, 0.4) is 0 Å². The van der Waals surface area contributed by atoms with Crippen molar-refractivity contribution >= 4 is 11.9 Å². The molecule has 0 aromatic carbocycles. The van der Waals surface area contributed by atoms with Crippen molar-refractivity contribution in [2.45, 2.75) is 37.5 Å². The van der Waals surface area contributed by atoms with Gasteiger partial charge in [-0.3, -0.25) is 9.59 Å². The highest BCUT2D eigenvalue weighted by atomic mass is 16.5. The topological polar surface area (TPSA) is 87.7 Å². The fourth-order valence-corrected chi connectivity index (χ4v) is 2.11. The summed E-state index contributed by atoms with van der Waals surface area (Å²) in [7, 11) is 0. The minimum Gasteiger partial charge on any atom is -0.480 e. The zero-order valence-corrected chi connectivity index (χ0v) is 8.94. The average molecular weight is 228 g/mol. The van der Waals surface area contributed by atoms with Gasteiger partial charge in [-0.15, -0.1) is 0 Å². The van der Waals surface area contributed by atoms with Crippen molar-refractivity contribution in [3.05, 3.63) is 0 Å². The van der Waals surface area contributed by atoms with Crippen LogP contribution >= 0.6 is 0 Å². The van der Waals surface area contributed by atoms with E-state index in [1.54, 1.807) is 0 Å². The molecule has 3 N–H and O–H groups in total. The third-order valence-electron chi connectivity index (χ3n) is 3.02. The Morgan fingerprint density at radius 2 is 2.06 bits per heavy atom. The number of esters is 1. The minimum absolute atomic E-state index is 0.205. The van der Waals surface area contributed by atoms with Crippen LogP contribution in [0.2, 0.25) is 0 Å². The van der Waals surface area contributed by atoms with Crippen molar-refractivity contribution in [1.82, 2.24) is 10.6 Å². The normalized spacial score (nSPS) is 33.9. The second-order valence-electron chi connectivity index (χ2n) is 4.24. The number of nitrogens with one attached hydrogen (secondary N) is 2. The maximum atomic E-state index is 11.6. The molecule has 0 spiro atoms. The van der Waals surface area contributed by atoms with Gasteiger partial charge < -0.3 is 20.5 Å². The van der Waals surface area contributed by atoms with E-state index >= 15 is 0 Å². The summed E-state index contributed by atoms with van der Waals surface area (Å²) in [5, 5.41) is 14.6. The van der Waals surface area contributed by atoms with E-state index in [-0.39, 0.29) is 18.1 Å². The molecule has 90 valence electrons. The molecule has 2 saturated heterocycles. The molecule has 0 bridgehead atoms. The van der Waals surface area contributed by atoms with E-state index < -0.39 is 12.0 Å². The van der Waals surface area contributed by atoms with Crippen molar-refractivity contribution in [3.63, 3.8) is 0 Å². The second kappa shape index (κ2) is 4.80. The molecule has 0 aliphatic carbocycles. The molecule has 2 fully saturated rings. The standard InChI is InChI=1S/C10H16N2O4/c13-9(14)8-4-6(5-12-8)16-10(15)7-2-1-3-11-7/h6-8,11-12H,1-5H2,(H,13,14)/t6?,7-,8-/m0/s1. The highest BCUT2D eigenvalue weighted by Crippen LogP contribution is 2.14. The highest BCUT2D eigenvalue weighted by Gasteiger charge is 2.33. The number of carboxylic acids is 1. The predicted molar refractivity (Wildman–Crippen MR) is 54.9 cm³/mol. The molecule has 0 amide bonds. The molecule has 2 heterocycles. The lowest BCUT2D eigenvalue weighted by molar-refractivity contribution is -0.151. The smallest absolute Gasteiger partial charge is 0.323 e. The largest absolute Gasteiger partial charge is 0.480 e. The Kier molecular flexibility index (Phi) is 3.40. The van der Waals surface area contributed by atoms with Gasteiger partial charge in [-0.1, -0.05) is 0 Å². The maximum Gasteiger partial charge on any atom is 0.323 e. The molecule has 16 heavy (non-hydrogen) atoms. The van der Waals surface area contributed by atoms with Crippen LogP contribution in [-0.4, -0.2) is 48.3 Å². The number of carbonyl (C=O) groups excluding carboxylic acids is 1. The van der Waals surface area contributed by atoms with E-state index in [0.717, 1.165) is 19.4 Å².